The van der Waals surface area contributed by atoms with E-state index >= 15 is 0 Å². The smallest absolute Gasteiger partial charge is 0.199 e. The van der Waals surface area contributed by atoms with Gasteiger partial charge in [-0.2, -0.15) is 0 Å². The zero-order chi connectivity index (χ0) is 13.8. The van der Waals surface area contributed by atoms with E-state index in [-0.39, 0.29) is 5.78 Å². The normalized spacial score (nSPS) is 12.2. The molecule has 1 heterocycles. The van der Waals surface area contributed by atoms with Crippen molar-refractivity contribution in [2.75, 3.05) is 0 Å². The van der Waals surface area contributed by atoms with Crippen LogP contribution in [0.4, 0.5) is 0 Å². The number of pyridine rings is 1. The van der Waals surface area contributed by atoms with Gasteiger partial charge in [0.1, 0.15) is 11.1 Å². The van der Waals surface area contributed by atoms with Crippen molar-refractivity contribution in [2.45, 2.75) is 11.8 Å². The zero-order valence-corrected chi connectivity index (χ0v) is 12.1. The van der Waals surface area contributed by atoms with Crippen molar-refractivity contribution in [3.05, 3.63) is 63.9 Å². The fourth-order valence-electron chi connectivity index (χ4n) is 1.64. The van der Waals surface area contributed by atoms with Crippen molar-refractivity contribution in [3.8, 4) is 0 Å². The maximum atomic E-state index is 12.0. The average molecular weight is 315 g/mol. The Morgan fingerprint density at radius 3 is 2.58 bits per heavy atom. The lowest BCUT2D eigenvalue weighted by Gasteiger charge is -2.09. The van der Waals surface area contributed by atoms with Crippen LogP contribution in [0.3, 0.4) is 0 Å². The molecule has 0 saturated carbocycles. The SMILES string of the molecule is O=C(c1ccccn1)C(Cl)Cc1ccc(Cl)c(Cl)c1. The molecule has 0 aliphatic rings. The second kappa shape index (κ2) is 6.38. The number of halogens is 3. The highest BCUT2D eigenvalue weighted by Gasteiger charge is 2.19. The summed E-state index contributed by atoms with van der Waals surface area (Å²) in [6.45, 7) is 0. The Morgan fingerprint density at radius 2 is 1.95 bits per heavy atom. The van der Waals surface area contributed by atoms with Crippen molar-refractivity contribution in [1.29, 1.82) is 0 Å². The van der Waals surface area contributed by atoms with Gasteiger partial charge in [-0.25, -0.2) is 0 Å². The Balaban J connectivity index is 2.10. The lowest BCUT2D eigenvalue weighted by Crippen LogP contribution is -2.18. The van der Waals surface area contributed by atoms with Crippen LogP contribution in [0.25, 0.3) is 0 Å². The Labute approximate surface area is 126 Å². The van der Waals surface area contributed by atoms with Gasteiger partial charge in [0.2, 0.25) is 0 Å². The van der Waals surface area contributed by atoms with Crippen molar-refractivity contribution in [2.24, 2.45) is 0 Å². The van der Waals surface area contributed by atoms with Crippen LogP contribution in [0, 0.1) is 0 Å². The summed E-state index contributed by atoms with van der Waals surface area (Å²) in [6, 6.07) is 10.4. The summed E-state index contributed by atoms with van der Waals surface area (Å²) < 4.78 is 0. The highest BCUT2D eigenvalue weighted by molar-refractivity contribution is 6.42. The Kier molecular flexibility index (Phi) is 4.81. The Hall–Kier alpha value is -1.09. The molecule has 2 nitrogen and oxygen atoms in total. The van der Waals surface area contributed by atoms with Gasteiger partial charge in [0.15, 0.2) is 5.78 Å². The molecule has 19 heavy (non-hydrogen) atoms. The summed E-state index contributed by atoms with van der Waals surface area (Å²) >= 11 is 17.9. The molecule has 0 saturated heterocycles. The fourth-order valence-corrected chi connectivity index (χ4v) is 2.25. The molecule has 1 unspecified atom stereocenters. The molecular formula is C14H10Cl3NO. The van der Waals surface area contributed by atoms with Crippen LogP contribution < -0.4 is 0 Å². The summed E-state index contributed by atoms with van der Waals surface area (Å²) in [7, 11) is 0. The molecule has 2 aromatic rings. The minimum absolute atomic E-state index is 0.201. The number of hydrogen-bond donors (Lipinski definition) is 0. The van der Waals surface area contributed by atoms with Crippen LogP contribution in [0.15, 0.2) is 42.6 Å². The van der Waals surface area contributed by atoms with E-state index in [0.29, 0.717) is 22.2 Å². The van der Waals surface area contributed by atoms with E-state index in [2.05, 4.69) is 4.98 Å². The molecule has 0 amide bonds. The summed E-state index contributed by atoms with van der Waals surface area (Å²) in [5.74, 6) is -0.201. The van der Waals surface area contributed by atoms with E-state index in [4.69, 9.17) is 34.8 Å². The monoisotopic (exact) mass is 313 g/mol. The van der Waals surface area contributed by atoms with Gasteiger partial charge in [0, 0.05) is 6.20 Å². The van der Waals surface area contributed by atoms with Crippen LogP contribution in [-0.4, -0.2) is 16.1 Å². The minimum Gasteiger partial charge on any atom is -0.291 e. The van der Waals surface area contributed by atoms with Crippen LogP contribution in [0.1, 0.15) is 16.1 Å². The number of rotatable bonds is 4. The molecule has 1 aromatic carbocycles. The third-order valence-corrected chi connectivity index (χ3v) is 3.69. The summed E-state index contributed by atoms with van der Waals surface area (Å²) in [5, 5.41) is 0.257. The number of carbonyl (C=O) groups excluding carboxylic acids is 1. The molecule has 0 aliphatic heterocycles. The van der Waals surface area contributed by atoms with Gasteiger partial charge in [-0.3, -0.25) is 9.78 Å². The first-order valence-corrected chi connectivity index (χ1v) is 6.80. The Bertz CT molecular complexity index is 586. The number of ketones is 1. The van der Waals surface area contributed by atoms with Crippen LogP contribution in [-0.2, 0) is 6.42 Å². The predicted octanol–water partition coefficient (Wildman–Crippen LogP) is 4.42. The van der Waals surface area contributed by atoms with Crippen molar-refractivity contribution in [1.82, 2.24) is 4.98 Å². The second-order valence-electron chi connectivity index (χ2n) is 4.00. The summed E-state index contributed by atoms with van der Waals surface area (Å²) in [6.07, 6.45) is 1.95. The number of Topliss-reactive ketones (excluding diaryl/α,β-unsaturated/α-hetero) is 1. The van der Waals surface area contributed by atoms with E-state index in [1.54, 1.807) is 42.6 Å². The molecule has 5 heteroatoms. The fraction of sp³-hybridized carbons (Fsp3) is 0.143. The molecular weight excluding hydrogens is 305 g/mol. The summed E-state index contributed by atoms with van der Waals surface area (Å²) in [5.41, 5.74) is 1.22. The van der Waals surface area contributed by atoms with E-state index in [1.807, 2.05) is 0 Å². The van der Waals surface area contributed by atoms with Gasteiger partial charge >= 0.3 is 0 Å². The molecule has 0 N–H and O–H groups in total. The highest BCUT2D eigenvalue weighted by Crippen LogP contribution is 2.24. The number of benzene rings is 1. The third kappa shape index (κ3) is 3.69. The van der Waals surface area contributed by atoms with Gasteiger partial charge in [0.05, 0.1) is 10.0 Å². The van der Waals surface area contributed by atoms with Gasteiger partial charge in [-0.1, -0.05) is 35.3 Å². The zero-order valence-electron chi connectivity index (χ0n) is 9.82. The maximum Gasteiger partial charge on any atom is 0.199 e. The first-order chi connectivity index (χ1) is 9.08. The highest BCUT2D eigenvalue weighted by atomic mass is 35.5. The number of nitrogens with zero attached hydrogens (tertiary/aromatic N) is 1. The molecule has 98 valence electrons. The third-order valence-electron chi connectivity index (χ3n) is 2.60. The van der Waals surface area contributed by atoms with Gasteiger partial charge in [-0.15, -0.1) is 11.6 Å². The molecule has 0 fully saturated rings. The van der Waals surface area contributed by atoms with E-state index in [0.717, 1.165) is 5.56 Å². The average Bonchev–Trinajstić information content (AvgIpc) is 2.43. The topological polar surface area (TPSA) is 30.0 Å². The predicted molar refractivity (Wildman–Crippen MR) is 78.4 cm³/mol. The molecule has 0 spiro atoms. The second-order valence-corrected chi connectivity index (χ2v) is 5.34. The lowest BCUT2D eigenvalue weighted by molar-refractivity contribution is 0.0982. The lowest BCUT2D eigenvalue weighted by atomic mass is 10.1. The van der Waals surface area contributed by atoms with E-state index in [1.165, 1.54) is 0 Å². The quantitative estimate of drug-likeness (QED) is 0.617. The van der Waals surface area contributed by atoms with Gasteiger partial charge in [0.25, 0.3) is 0 Å². The number of alkyl halides is 1. The maximum absolute atomic E-state index is 12.0. The standard InChI is InChI=1S/C14H10Cl3NO/c15-10-5-4-9(7-11(10)16)8-12(17)14(19)13-3-1-2-6-18-13/h1-7,12H,8H2. The van der Waals surface area contributed by atoms with Crippen LogP contribution in [0.2, 0.25) is 10.0 Å². The summed E-state index contributed by atoms with van der Waals surface area (Å²) in [4.78, 5) is 16.0. The first-order valence-electron chi connectivity index (χ1n) is 5.61. The number of aromatic nitrogens is 1. The van der Waals surface area contributed by atoms with E-state index < -0.39 is 5.38 Å². The molecule has 0 radical (unpaired) electrons. The molecule has 1 aromatic heterocycles. The van der Waals surface area contributed by atoms with Crippen molar-refractivity contribution < 1.29 is 4.79 Å². The number of hydrogen-bond acceptors (Lipinski definition) is 2. The van der Waals surface area contributed by atoms with Gasteiger partial charge in [-0.05, 0) is 36.2 Å². The molecule has 0 aliphatic carbocycles. The van der Waals surface area contributed by atoms with E-state index in [9.17, 15) is 4.79 Å². The molecule has 0 bridgehead atoms. The largest absolute Gasteiger partial charge is 0.291 e. The molecule has 2 rings (SSSR count). The van der Waals surface area contributed by atoms with Crippen molar-refractivity contribution >= 4 is 40.6 Å². The molecule has 1 atom stereocenters. The first kappa shape index (κ1) is 14.3. The van der Waals surface area contributed by atoms with Crippen LogP contribution in [0.5, 0.6) is 0 Å². The van der Waals surface area contributed by atoms with Gasteiger partial charge < -0.3 is 0 Å². The van der Waals surface area contributed by atoms with Crippen molar-refractivity contribution in [3.63, 3.8) is 0 Å². The Morgan fingerprint density at radius 1 is 1.16 bits per heavy atom. The number of carbonyl (C=O) groups is 1. The minimum atomic E-state index is -0.674. The van der Waals surface area contributed by atoms with Crippen LogP contribution >= 0.6 is 34.8 Å².